The van der Waals surface area contributed by atoms with Crippen molar-refractivity contribution < 1.29 is 27.0 Å². The van der Waals surface area contributed by atoms with Crippen molar-refractivity contribution in [2.45, 2.75) is 39.4 Å². The highest BCUT2D eigenvalue weighted by atomic mass is 19.2. The Kier molecular flexibility index (Phi) is 8.04. The number of allylic oxidation sites excluding steroid dienone is 1. The van der Waals surface area contributed by atoms with Crippen molar-refractivity contribution in [1.82, 2.24) is 0 Å². The predicted octanol–water partition coefficient (Wildman–Crippen LogP) is 8.16. The molecule has 1 aliphatic rings. The minimum Gasteiger partial charge on any atom is -0.348 e. The van der Waals surface area contributed by atoms with Crippen LogP contribution in [0.5, 0.6) is 0 Å². The van der Waals surface area contributed by atoms with Gasteiger partial charge in [0.1, 0.15) is 0 Å². The molecule has 0 saturated carbocycles. The van der Waals surface area contributed by atoms with Crippen LogP contribution < -0.4 is 0 Å². The van der Waals surface area contributed by atoms with E-state index in [1.165, 1.54) is 12.1 Å². The Labute approximate surface area is 203 Å². The fourth-order valence-corrected chi connectivity index (χ4v) is 4.25. The molecule has 0 aliphatic carbocycles. The van der Waals surface area contributed by atoms with Crippen molar-refractivity contribution in [3.8, 4) is 22.3 Å². The fraction of sp³-hybridized carbons (Fsp3) is 0.310. The van der Waals surface area contributed by atoms with Crippen molar-refractivity contribution in [3.05, 3.63) is 95.1 Å². The van der Waals surface area contributed by atoms with E-state index in [-0.39, 0.29) is 22.6 Å². The van der Waals surface area contributed by atoms with Crippen LogP contribution in [0.2, 0.25) is 0 Å². The number of rotatable bonds is 7. The Bertz CT molecular complexity index is 1200. The molecule has 0 aromatic heterocycles. The summed E-state index contributed by atoms with van der Waals surface area (Å²) in [5.41, 5.74) is 1.40. The van der Waals surface area contributed by atoms with Gasteiger partial charge in [-0.05, 0) is 36.5 Å². The van der Waals surface area contributed by atoms with Crippen LogP contribution in [0.3, 0.4) is 0 Å². The molecule has 2 nitrogen and oxygen atoms in total. The maximum Gasteiger partial charge on any atom is 0.186 e. The average Bonchev–Trinajstić information content (AvgIpc) is 2.88. The van der Waals surface area contributed by atoms with Crippen LogP contribution in [-0.2, 0) is 15.9 Å². The van der Waals surface area contributed by atoms with Gasteiger partial charge in [-0.2, -0.15) is 0 Å². The Morgan fingerprint density at radius 1 is 0.771 bits per heavy atom. The van der Waals surface area contributed by atoms with Crippen LogP contribution >= 0.6 is 0 Å². The highest BCUT2D eigenvalue weighted by Crippen LogP contribution is 2.34. The molecule has 3 aromatic carbocycles. The molecule has 35 heavy (non-hydrogen) atoms. The first-order valence-corrected chi connectivity index (χ1v) is 11.9. The highest BCUT2D eigenvalue weighted by Gasteiger charge is 2.27. The van der Waals surface area contributed by atoms with Crippen LogP contribution in [-0.4, -0.2) is 13.2 Å². The first-order chi connectivity index (χ1) is 16.9. The van der Waals surface area contributed by atoms with Crippen molar-refractivity contribution in [3.63, 3.8) is 0 Å². The van der Waals surface area contributed by atoms with E-state index in [2.05, 4.69) is 0 Å². The number of halogens is 4. The quantitative estimate of drug-likeness (QED) is 0.249. The predicted molar refractivity (Wildman–Crippen MR) is 129 cm³/mol. The second-order valence-corrected chi connectivity index (χ2v) is 8.70. The lowest BCUT2D eigenvalue weighted by Gasteiger charge is -2.28. The lowest BCUT2D eigenvalue weighted by atomic mass is 9.97. The number of aryl methyl sites for hydroxylation is 1. The number of ether oxygens (including phenoxy) is 2. The standard InChI is InChI=1S/C29H28F4O2/c1-3-5-7-21-12-13-22(26(31)25(21)30)19-8-10-20(11-9-19)23-14-15-24(28(33)27(23)32)29-34-16-18(6-4-2)17-35-29/h4,6,8-15,18,29H,3,5,7,16-17H2,1-2H3. The summed E-state index contributed by atoms with van der Waals surface area (Å²) in [5, 5.41) is 0. The molecule has 0 radical (unpaired) electrons. The largest absolute Gasteiger partial charge is 0.348 e. The molecule has 1 fully saturated rings. The van der Waals surface area contributed by atoms with Crippen LogP contribution in [0.1, 0.15) is 44.1 Å². The minimum atomic E-state index is -1.03. The molecule has 0 unspecified atom stereocenters. The molecule has 1 saturated heterocycles. The van der Waals surface area contributed by atoms with Crippen LogP contribution in [0.15, 0.2) is 60.7 Å². The first kappa shape index (κ1) is 25.1. The minimum absolute atomic E-state index is 0.00232. The van der Waals surface area contributed by atoms with Gasteiger partial charge in [-0.3, -0.25) is 0 Å². The Hall–Kier alpha value is -2.96. The fourth-order valence-electron chi connectivity index (χ4n) is 4.25. The molecular weight excluding hydrogens is 456 g/mol. The summed E-state index contributed by atoms with van der Waals surface area (Å²) in [6, 6.07) is 12.3. The van der Waals surface area contributed by atoms with E-state index >= 15 is 0 Å². The lowest BCUT2D eigenvalue weighted by molar-refractivity contribution is -0.199. The lowest BCUT2D eigenvalue weighted by Crippen LogP contribution is -2.26. The van der Waals surface area contributed by atoms with Crippen molar-refractivity contribution in [2.24, 2.45) is 5.92 Å². The first-order valence-electron chi connectivity index (χ1n) is 11.9. The summed E-state index contributed by atoms with van der Waals surface area (Å²) in [5.74, 6) is -3.72. The van der Waals surface area contributed by atoms with Crippen molar-refractivity contribution in [1.29, 1.82) is 0 Å². The van der Waals surface area contributed by atoms with E-state index in [0.29, 0.717) is 36.3 Å². The summed E-state index contributed by atoms with van der Waals surface area (Å²) in [6.45, 7) is 4.60. The van der Waals surface area contributed by atoms with Gasteiger partial charge >= 0.3 is 0 Å². The molecular formula is C29H28F4O2. The van der Waals surface area contributed by atoms with E-state index in [1.54, 1.807) is 36.4 Å². The summed E-state index contributed by atoms with van der Waals surface area (Å²) < 4.78 is 70.2. The van der Waals surface area contributed by atoms with Gasteiger partial charge in [-0.1, -0.05) is 74.0 Å². The molecule has 1 aliphatic heterocycles. The molecule has 3 aromatic rings. The molecule has 0 bridgehead atoms. The third kappa shape index (κ3) is 5.34. The zero-order chi connectivity index (χ0) is 24.9. The summed E-state index contributed by atoms with van der Waals surface area (Å²) in [6.07, 6.45) is 5.01. The normalized spacial score (nSPS) is 18.3. The average molecular weight is 485 g/mol. The number of hydrogen-bond donors (Lipinski definition) is 0. The van der Waals surface area contributed by atoms with Crippen LogP contribution in [0, 0.1) is 29.2 Å². The molecule has 6 heteroatoms. The molecule has 0 N–H and O–H groups in total. The van der Waals surface area contributed by atoms with Gasteiger partial charge in [0.05, 0.1) is 13.2 Å². The third-order valence-electron chi connectivity index (χ3n) is 6.22. The highest BCUT2D eigenvalue weighted by molar-refractivity contribution is 5.71. The van der Waals surface area contributed by atoms with Crippen LogP contribution in [0.25, 0.3) is 22.3 Å². The number of unbranched alkanes of at least 4 members (excludes halogenated alkanes) is 1. The molecule has 4 rings (SSSR count). The second kappa shape index (κ2) is 11.2. The summed E-state index contributed by atoms with van der Waals surface area (Å²) in [7, 11) is 0. The Morgan fingerprint density at radius 2 is 1.34 bits per heavy atom. The zero-order valence-electron chi connectivity index (χ0n) is 19.8. The second-order valence-electron chi connectivity index (χ2n) is 8.70. The third-order valence-corrected chi connectivity index (χ3v) is 6.22. The smallest absolute Gasteiger partial charge is 0.186 e. The maximum absolute atomic E-state index is 15.0. The topological polar surface area (TPSA) is 18.5 Å². The molecule has 0 amide bonds. The van der Waals surface area contributed by atoms with Gasteiger partial charge in [-0.15, -0.1) is 0 Å². The summed E-state index contributed by atoms with van der Waals surface area (Å²) in [4.78, 5) is 0. The maximum atomic E-state index is 15.0. The van der Waals surface area contributed by atoms with Crippen molar-refractivity contribution in [2.75, 3.05) is 13.2 Å². The Balaban J connectivity index is 1.55. The van der Waals surface area contributed by atoms with E-state index < -0.39 is 29.6 Å². The van der Waals surface area contributed by atoms with Crippen molar-refractivity contribution >= 4 is 0 Å². The molecule has 0 spiro atoms. The molecule has 0 atom stereocenters. The van der Waals surface area contributed by atoms with E-state index in [0.717, 1.165) is 12.8 Å². The molecule has 1 heterocycles. The van der Waals surface area contributed by atoms with Gasteiger partial charge in [-0.25, -0.2) is 17.6 Å². The van der Waals surface area contributed by atoms with Gasteiger partial charge < -0.3 is 9.47 Å². The van der Waals surface area contributed by atoms with Gasteiger partial charge in [0.2, 0.25) is 0 Å². The summed E-state index contributed by atoms with van der Waals surface area (Å²) >= 11 is 0. The SMILES string of the molecule is CC=CC1COC(c2ccc(-c3ccc(-c4ccc(CCCC)c(F)c4F)cc3)c(F)c2F)OC1. The van der Waals surface area contributed by atoms with Gasteiger partial charge in [0.15, 0.2) is 29.6 Å². The molecule has 184 valence electrons. The number of benzene rings is 3. The van der Waals surface area contributed by atoms with E-state index in [1.807, 2.05) is 26.0 Å². The van der Waals surface area contributed by atoms with Crippen LogP contribution in [0.4, 0.5) is 17.6 Å². The number of hydrogen-bond acceptors (Lipinski definition) is 2. The Morgan fingerprint density at radius 3 is 1.91 bits per heavy atom. The monoisotopic (exact) mass is 484 g/mol. The van der Waals surface area contributed by atoms with E-state index in [9.17, 15) is 17.6 Å². The van der Waals surface area contributed by atoms with Gasteiger partial charge in [0.25, 0.3) is 0 Å². The zero-order valence-corrected chi connectivity index (χ0v) is 19.8. The van der Waals surface area contributed by atoms with Gasteiger partial charge in [0, 0.05) is 22.6 Å². The van der Waals surface area contributed by atoms with E-state index in [4.69, 9.17) is 9.47 Å².